The SMILES string of the molecule is Cc1ccc(NC(=O)C2CCN(C(=O)c3ccc4c(c3)nnn4C)CC2)nc1. The van der Waals surface area contributed by atoms with Crippen LogP contribution >= 0.6 is 0 Å². The van der Waals surface area contributed by atoms with E-state index >= 15 is 0 Å². The number of aromatic nitrogens is 4. The number of hydrogen-bond donors (Lipinski definition) is 1. The second kappa shape index (κ2) is 7.38. The third-order valence-corrected chi connectivity index (χ3v) is 5.17. The molecule has 4 rings (SSSR count). The van der Waals surface area contributed by atoms with E-state index in [2.05, 4.69) is 20.6 Å². The fourth-order valence-electron chi connectivity index (χ4n) is 3.47. The first-order valence-corrected chi connectivity index (χ1v) is 9.33. The van der Waals surface area contributed by atoms with Crippen molar-refractivity contribution in [1.29, 1.82) is 0 Å². The third-order valence-electron chi connectivity index (χ3n) is 5.17. The molecule has 1 aliphatic rings. The molecule has 2 aromatic heterocycles. The molecule has 3 heterocycles. The van der Waals surface area contributed by atoms with E-state index in [0.717, 1.165) is 11.1 Å². The lowest BCUT2D eigenvalue weighted by molar-refractivity contribution is -0.121. The molecule has 0 bridgehead atoms. The molecule has 8 heteroatoms. The van der Waals surface area contributed by atoms with Crippen LogP contribution in [0.25, 0.3) is 11.0 Å². The second-order valence-corrected chi connectivity index (χ2v) is 7.19. The number of amides is 2. The molecule has 0 aliphatic carbocycles. The number of carbonyl (C=O) groups excluding carboxylic acids is 2. The largest absolute Gasteiger partial charge is 0.339 e. The number of aryl methyl sites for hydroxylation is 2. The van der Waals surface area contributed by atoms with Crippen LogP contribution in [0.3, 0.4) is 0 Å². The minimum atomic E-state index is -0.116. The van der Waals surface area contributed by atoms with Crippen LogP contribution in [0.4, 0.5) is 5.82 Å². The van der Waals surface area contributed by atoms with Crippen LogP contribution in [-0.2, 0) is 11.8 Å². The van der Waals surface area contributed by atoms with Gasteiger partial charge in [-0.1, -0.05) is 11.3 Å². The van der Waals surface area contributed by atoms with E-state index in [1.165, 1.54) is 0 Å². The Morgan fingerprint density at radius 3 is 2.64 bits per heavy atom. The Morgan fingerprint density at radius 1 is 1.14 bits per heavy atom. The lowest BCUT2D eigenvalue weighted by atomic mass is 9.95. The Bertz CT molecular complexity index is 1020. The van der Waals surface area contributed by atoms with Gasteiger partial charge >= 0.3 is 0 Å². The molecule has 1 fully saturated rings. The molecule has 1 aliphatic heterocycles. The van der Waals surface area contributed by atoms with Gasteiger partial charge in [0, 0.05) is 37.8 Å². The Kier molecular flexibility index (Phi) is 4.77. The number of anilines is 1. The highest BCUT2D eigenvalue weighted by molar-refractivity contribution is 5.97. The summed E-state index contributed by atoms with van der Waals surface area (Å²) in [6, 6.07) is 9.14. The summed E-state index contributed by atoms with van der Waals surface area (Å²) in [7, 11) is 1.82. The minimum Gasteiger partial charge on any atom is -0.339 e. The lowest BCUT2D eigenvalue weighted by Gasteiger charge is -2.31. The number of rotatable bonds is 3. The van der Waals surface area contributed by atoms with Crippen molar-refractivity contribution < 1.29 is 9.59 Å². The molecule has 1 saturated heterocycles. The van der Waals surface area contributed by atoms with Gasteiger partial charge in [-0.25, -0.2) is 9.67 Å². The number of carbonyl (C=O) groups is 2. The zero-order chi connectivity index (χ0) is 19.7. The maximum absolute atomic E-state index is 12.8. The van der Waals surface area contributed by atoms with Gasteiger partial charge in [-0.3, -0.25) is 9.59 Å². The summed E-state index contributed by atoms with van der Waals surface area (Å²) < 4.78 is 1.68. The zero-order valence-electron chi connectivity index (χ0n) is 15.9. The van der Waals surface area contributed by atoms with Crippen LogP contribution < -0.4 is 5.32 Å². The van der Waals surface area contributed by atoms with Crippen molar-refractivity contribution in [2.45, 2.75) is 19.8 Å². The molecule has 0 spiro atoms. The molecule has 0 atom stereocenters. The Hall–Kier alpha value is -3.29. The second-order valence-electron chi connectivity index (χ2n) is 7.19. The number of piperidine rings is 1. The molecule has 0 unspecified atom stereocenters. The van der Waals surface area contributed by atoms with Gasteiger partial charge in [0.05, 0.1) is 5.52 Å². The fraction of sp³-hybridized carbons (Fsp3) is 0.350. The van der Waals surface area contributed by atoms with Gasteiger partial charge < -0.3 is 10.2 Å². The van der Waals surface area contributed by atoms with Crippen LogP contribution in [0.5, 0.6) is 0 Å². The number of hydrogen-bond acceptors (Lipinski definition) is 5. The summed E-state index contributed by atoms with van der Waals surface area (Å²) >= 11 is 0. The number of benzene rings is 1. The molecular weight excluding hydrogens is 356 g/mol. The molecule has 1 aromatic carbocycles. The van der Waals surface area contributed by atoms with Crippen molar-refractivity contribution in [3.05, 3.63) is 47.7 Å². The van der Waals surface area contributed by atoms with Gasteiger partial charge in [0.15, 0.2) is 0 Å². The van der Waals surface area contributed by atoms with Gasteiger partial charge in [-0.15, -0.1) is 5.10 Å². The van der Waals surface area contributed by atoms with E-state index in [1.807, 2.05) is 26.1 Å². The van der Waals surface area contributed by atoms with E-state index in [9.17, 15) is 9.59 Å². The molecule has 0 saturated carbocycles. The number of pyridine rings is 1. The number of likely N-dealkylation sites (tertiary alicyclic amines) is 1. The zero-order valence-corrected chi connectivity index (χ0v) is 15.9. The Labute approximate surface area is 162 Å². The fourth-order valence-corrected chi connectivity index (χ4v) is 3.47. The average Bonchev–Trinajstić information content (AvgIpc) is 3.09. The molecule has 144 valence electrons. The van der Waals surface area contributed by atoms with Crippen molar-refractivity contribution in [1.82, 2.24) is 24.9 Å². The van der Waals surface area contributed by atoms with Crippen LogP contribution in [0.2, 0.25) is 0 Å². The lowest BCUT2D eigenvalue weighted by Crippen LogP contribution is -2.41. The van der Waals surface area contributed by atoms with Crippen molar-refractivity contribution in [3.63, 3.8) is 0 Å². The summed E-state index contributed by atoms with van der Waals surface area (Å²) in [5.74, 6) is 0.372. The van der Waals surface area contributed by atoms with Crippen LogP contribution in [-0.4, -0.2) is 49.8 Å². The maximum Gasteiger partial charge on any atom is 0.253 e. The quantitative estimate of drug-likeness (QED) is 0.754. The summed E-state index contributed by atoms with van der Waals surface area (Å²) in [4.78, 5) is 31.3. The van der Waals surface area contributed by atoms with Crippen molar-refractivity contribution in [3.8, 4) is 0 Å². The molecule has 1 N–H and O–H groups in total. The van der Waals surface area contributed by atoms with E-state index in [-0.39, 0.29) is 17.7 Å². The Balaban J connectivity index is 1.36. The number of fused-ring (bicyclic) bond motifs is 1. The van der Waals surface area contributed by atoms with Crippen LogP contribution in [0.15, 0.2) is 36.5 Å². The van der Waals surface area contributed by atoms with Gasteiger partial charge in [0.2, 0.25) is 5.91 Å². The van der Waals surface area contributed by atoms with E-state index in [1.54, 1.807) is 34.0 Å². The maximum atomic E-state index is 12.8. The predicted octanol–water partition coefficient (Wildman–Crippen LogP) is 2.16. The predicted molar refractivity (Wildman–Crippen MR) is 105 cm³/mol. The van der Waals surface area contributed by atoms with Crippen LogP contribution in [0.1, 0.15) is 28.8 Å². The van der Waals surface area contributed by atoms with E-state index in [4.69, 9.17) is 0 Å². The molecule has 3 aromatic rings. The van der Waals surface area contributed by atoms with Gasteiger partial charge in [-0.05, 0) is 49.6 Å². The topological polar surface area (TPSA) is 93.0 Å². The summed E-state index contributed by atoms with van der Waals surface area (Å²) in [6.45, 7) is 3.06. The standard InChI is InChI=1S/C20H22N6O2/c1-13-3-6-18(21-12-13)22-19(27)14-7-9-26(10-8-14)20(28)15-4-5-17-16(11-15)23-24-25(17)2/h3-6,11-12,14H,7-10H2,1-2H3,(H,21,22,27). The third kappa shape index (κ3) is 3.58. The molecule has 8 nitrogen and oxygen atoms in total. The first-order valence-electron chi connectivity index (χ1n) is 9.33. The average molecular weight is 378 g/mol. The van der Waals surface area contributed by atoms with Crippen molar-refractivity contribution in [2.24, 2.45) is 13.0 Å². The first kappa shape index (κ1) is 18.1. The van der Waals surface area contributed by atoms with E-state index < -0.39 is 0 Å². The molecule has 2 amide bonds. The minimum absolute atomic E-state index is 0.0355. The van der Waals surface area contributed by atoms with Crippen LogP contribution in [0, 0.1) is 12.8 Å². The number of nitrogens with one attached hydrogen (secondary N) is 1. The summed E-state index contributed by atoms with van der Waals surface area (Å²) in [6.07, 6.45) is 3.00. The highest BCUT2D eigenvalue weighted by atomic mass is 16.2. The van der Waals surface area contributed by atoms with Gasteiger partial charge in [0.1, 0.15) is 11.3 Å². The number of nitrogens with zero attached hydrogens (tertiary/aromatic N) is 5. The highest BCUT2D eigenvalue weighted by Gasteiger charge is 2.28. The summed E-state index contributed by atoms with van der Waals surface area (Å²) in [5.41, 5.74) is 3.23. The molecule has 28 heavy (non-hydrogen) atoms. The molecule has 0 radical (unpaired) electrons. The smallest absolute Gasteiger partial charge is 0.253 e. The normalized spacial score (nSPS) is 15.0. The Morgan fingerprint density at radius 2 is 1.93 bits per heavy atom. The summed E-state index contributed by atoms with van der Waals surface area (Å²) in [5, 5.41) is 10.9. The monoisotopic (exact) mass is 378 g/mol. The van der Waals surface area contributed by atoms with Gasteiger partial charge in [-0.2, -0.15) is 0 Å². The first-order chi connectivity index (χ1) is 13.5. The van der Waals surface area contributed by atoms with E-state index in [0.29, 0.717) is 42.8 Å². The van der Waals surface area contributed by atoms with Crippen molar-refractivity contribution >= 4 is 28.7 Å². The van der Waals surface area contributed by atoms with Gasteiger partial charge in [0.25, 0.3) is 5.91 Å². The highest BCUT2D eigenvalue weighted by Crippen LogP contribution is 2.22. The van der Waals surface area contributed by atoms with Crippen molar-refractivity contribution in [2.75, 3.05) is 18.4 Å². The molecular formula is C20H22N6O2.